The van der Waals surface area contributed by atoms with E-state index in [1.54, 1.807) is 6.20 Å². The second-order valence-corrected chi connectivity index (χ2v) is 3.79. The van der Waals surface area contributed by atoms with E-state index in [-0.39, 0.29) is 13.2 Å². The van der Waals surface area contributed by atoms with E-state index in [4.69, 9.17) is 10.2 Å². The third-order valence-corrected chi connectivity index (χ3v) is 2.69. The van der Waals surface area contributed by atoms with Gasteiger partial charge in [0.15, 0.2) is 0 Å². The number of nitrogens with zero attached hydrogens (tertiary/aromatic N) is 2. The SMILES string of the molecule is OCCN(CCO)c1nccc2ccccc12. The summed E-state index contributed by atoms with van der Waals surface area (Å²) in [4.78, 5) is 6.24. The molecule has 17 heavy (non-hydrogen) atoms. The summed E-state index contributed by atoms with van der Waals surface area (Å²) in [6.07, 6.45) is 1.75. The highest BCUT2D eigenvalue weighted by molar-refractivity contribution is 5.92. The highest BCUT2D eigenvalue weighted by atomic mass is 16.3. The molecule has 2 aromatic rings. The molecule has 0 fully saturated rings. The average molecular weight is 232 g/mol. The Kier molecular flexibility index (Phi) is 3.90. The summed E-state index contributed by atoms with van der Waals surface area (Å²) in [7, 11) is 0. The average Bonchev–Trinajstić information content (AvgIpc) is 2.38. The molecule has 1 aromatic heterocycles. The van der Waals surface area contributed by atoms with Gasteiger partial charge in [0.2, 0.25) is 0 Å². The minimum atomic E-state index is 0.0465. The van der Waals surface area contributed by atoms with E-state index in [9.17, 15) is 0 Å². The molecule has 90 valence electrons. The van der Waals surface area contributed by atoms with Crippen LogP contribution >= 0.6 is 0 Å². The van der Waals surface area contributed by atoms with Crippen LogP contribution in [0.1, 0.15) is 0 Å². The smallest absolute Gasteiger partial charge is 0.136 e. The first-order valence-electron chi connectivity index (χ1n) is 5.67. The number of anilines is 1. The second-order valence-electron chi connectivity index (χ2n) is 3.79. The van der Waals surface area contributed by atoms with E-state index in [2.05, 4.69) is 4.98 Å². The molecule has 0 radical (unpaired) electrons. The molecule has 0 spiro atoms. The number of aromatic nitrogens is 1. The van der Waals surface area contributed by atoms with Crippen molar-refractivity contribution in [3.63, 3.8) is 0 Å². The molecule has 0 aliphatic heterocycles. The lowest BCUT2D eigenvalue weighted by molar-refractivity contribution is 0.281. The van der Waals surface area contributed by atoms with Crippen molar-refractivity contribution in [2.75, 3.05) is 31.2 Å². The van der Waals surface area contributed by atoms with Crippen molar-refractivity contribution in [2.24, 2.45) is 0 Å². The van der Waals surface area contributed by atoms with Crippen molar-refractivity contribution in [1.82, 2.24) is 4.98 Å². The van der Waals surface area contributed by atoms with Gasteiger partial charge in [-0.15, -0.1) is 0 Å². The van der Waals surface area contributed by atoms with Gasteiger partial charge in [0.25, 0.3) is 0 Å². The van der Waals surface area contributed by atoms with Crippen LogP contribution in [0, 0.1) is 0 Å². The number of hydrogen-bond donors (Lipinski definition) is 2. The molecule has 0 saturated heterocycles. The lowest BCUT2D eigenvalue weighted by atomic mass is 10.1. The van der Waals surface area contributed by atoms with Crippen molar-refractivity contribution >= 4 is 16.6 Å². The number of hydrogen-bond acceptors (Lipinski definition) is 4. The monoisotopic (exact) mass is 232 g/mol. The molecule has 0 aliphatic rings. The number of fused-ring (bicyclic) bond motifs is 1. The maximum absolute atomic E-state index is 9.05. The van der Waals surface area contributed by atoms with E-state index >= 15 is 0 Å². The van der Waals surface area contributed by atoms with Gasteiger partial charge in [-0.05, 0) is 11.5 Å². The van der Waals surface area contributed by atoms with Gasteiger partial charge in [0.1, 0.15) is 5.82 Å². The Labute approximate surface area is 100 Å². The van der Waals surface area contributed by atoms with Crippen LogP contribution in [0.3, 0.4) is 0 Å². The lowest BCUT2D eigenvalue weighted by Crippen LogP contribution is -2.30. The van der Waals surface area contributed by atoms with Crippen LogP contribution in [-0.2, 0) is 0 Å². The number of aliphatic hydroxyl groups excluding tert-OH is 2. The van der Waals surface area contributed by atoms with E-state index in [1.165, 1.54) is 0 Å². The molecule has 0 bridgehead atoms. The maximum Gasteiger partial charge on any atom is 0.136 e. The first-order valence-corrected chi connectivity index (χ1v) is 5.67. The predicted molar refractivity (Wildman–Crippen MR) is 68.1 cm³/mol. The molecule has 0 saturated carbocycles. The van der Waals surface area contributed by atoms with Gasteiger partial charge in [0.05, 0.1) is 13.2 Å². The molecule has 2 rings (SSSR count). The largest absolute Gasteiger partial charge is 0.395 e. The Morgan fingerprint density at radius 1 is 1.00 bits per heavy atom. The summed E-state index contributed by atoms with van der Waals surface area (Å²) in [5.74, 6) is 0.811. The molecular formula is C13H16N2O2. The zero-order chi connectivity index (χ0) is 12.1. The summed E-state index contributed by atoms with van der Waals surface area (Å²) in [6.45, 7) is 1.04. The van der Waals surface area contributed by atoms with Crippen molar-refractivity contribution in [3.8, 4) is 0 Å². The summed E-state index contributed by atoms with van der Waals surface area (Å²) in [6, 6.07) is 9.92. The Bertz CT molecular complexity index is 476. The summed E-state index contributed by atoms with van der Waals surface area (Å²) >= 11 is 0. The molecule has 0 unspecified atom stereocenters. The molecule has 4 nitrogen and oxygen atoms in total. The van der Waals surface area contributed by atoms with E-state index < -0.39 is 0 Å². The van der Waals surface area contributed by atoms with Gasteiger partial charge >= 0.3 is 0 Å². The Hall–Kier alpha value is -1.65. The summed E-state index contributed by atoms with van der Waals surface area (Å²) in [5.41, 5.74) is 0. The topological polar surface area (TPSA) is 56.6 Å². The minimum absolute atomic E-state index is 0.0465. The number of rotatable bonds is 5. The Balaban J connectivity index is 2.44. The van der Waals surface area contributed by atoms with Crippen LogP contribution in [-0.4, -0.2) is 41.5 Å². The van der Waals surface area contributed by atoms with Crippen LogP contribution in [0.5, 0.6) is 0 Å². The van der Waals surface area contributed by atoms with Crippen LogP contribution in [0.15, 0.2) is 36.5 Å². The van der Waals surface area contributed by atoms with Gasteiger partial charge in [-0.25, -0.2) is 4.98 Å². The van der Waals surface area contributed by atoms with E-state index in [0.29, 0.717) is 13.1 Å². The fourth-order valence-corrected chi connectivity index (χ4v) is 1.92. The molecule has 2 N–H and O–H groups in total. The quantitative estimate of drug-likeness (QED) is 0.808. The molecule has 0 atom stereocenters. The summed E-state index contributed by atoms with van der Waals surface area (Å²) in [5, 5.41) is 20.2. The van der Waals surface area contributed by atoms with Crippen molar-refractivity contribution in [1.29, 1.82) is 0 Å². The van der Waals surface area contributed by atoms with Gasteiger partial charge in [-0.1, -0.05) is 24.3 Å². The van der Waals surface area contributed by atoms with Gasteiger partial charge in [0, 0.05) is 24.7 Å². The molecular weight excluding hydrogens is 216 g/mol. The van der Waals surface area contributed by atoms with Gasteiger partial charge in [-0.2, -0.15) is 0 Å². The van der Waals surface area contributed by atoms with Crippen molar-refractivity contribution in [2.45, 2.75) is 0 Å². The molecule has 0 amide bonds. The van der Waals surface area contributed by atoms with Crippen LogP contribution in [0.25, 0.3) is 10.8 Å². The maximum atomic E-state index is 9.05. The zero-order valence-electron chi connectivity index (χ0n) is 9.58. The Morgan fingerprint density at radius 3 is 2.41 bits per heavy atom. The fourth-order valence-electron chi connectivity index (χ4n) is 1.92. The third-order valence-electron chi connectivity index (χ3n) is 2.69. The fraction of sp³-hybridized carbons (Fsp3) is 0.308. The molecule has 1 aromatic carbocycles. The third kappa shape index (κ3) is 2.54. The zero-order valence-corrected chi connectivity index (χ0v) is 9.58. The van der Waals surface area contributed by atoms with Gasteiger partial charge in [-0.3, -0.25) is 0 Å². The van der Waals surface area contributed by atoms with Crippen molar-refractivity contribution < 1.29 is 10.2 Å². The Morgan fingerprint density at radius 2 is 1.71 bits per heavy atom. The highest BCUT2D eigenvalue weighted by Gasteiger charge is 2.10. The number of benzene rings is 1. The first-order chi connectivity index (χ1) is 8.36. The second kappa shape index (κ2) is 5.61. The van der Waals surface area contributed by atoms with Crippen LogP contribution < -0.4 is 4.90 Å². The van der Waals surface area contributed by atoms with E-state index in [0.717, 1.165) is 16.6 Å². The van der Waals surface area contributed by atoms with Crippen LogP contribution in [0.4, 0.5) is 5.82 Å². The lowest BCUT2D eigenvalue weighted by Gasteiger charge is -2.23. The summed E-state index contributed by atoms with van der Waals surface area (Å²) < 4.78 is 0. The number of pyridine rings is 1. The van der Waals surface area contributed by atoms with E-state index in [1.807, 2.05) is 35.2 Å². The van der Waals surface area contributed by atoms with Crippen molar-refractivity contribution in [3.05, 3.63) is 36.5 Å². The van der Waals surface area contributed by atoms with Crippen LogP contribution in [0.2, 0.25) is 0 Å². The predicted octanol–water partition coefficient (Wildman–Crippen LogP) is 1.03. The number of aliphatic hydroxyl groups is 2. The molecule has 0 aliphatic carbocycles. The molecule has 1 heterocycles. The standard InChI is InChI=1S/C13H16N2O2/c16-9-7-15(8-10-17)13-12-4-2-1-3-11(12)5-6-14-13/h1-6,16-17H,7-10H2. The van der Waals surface area contributed by atoms with Gasteiger partial charge < -0.3 is 15.1 Å². The normalized spacial score (nSPS) is 10.7. The first kappa shape index (κ1) is 11.8. The highest BCUT2D eigenvalue weighted by Crippen LogP contribution is 2.23. The molecule has 4 heteroatoms. The minimum Gasteiger partial charge on any atom is -0.395 e.